The van der Waals surface area contributed by atoms with Gasteiger partial charge in [0.25, 0.3) is 0 Å². The number of nitrogens with one attached hydrogen (secondary N) is 1. The van der Waals surface area contributed by atoms with Crippen LogP contribution in [0, 0.1) is 11.7 Å². The van der Waals surface area contributed by atoms with Gasteiger partial charge in [-0.2, -0.15) is 0 Å². The smallest absolute Gasteiger partial charge is 0.129 e. The van der Waals surface area contributed by atoms with Crippen LogP contribution in [0.15, 0.2) is 18.2 Å². The summed E-state index contributed by atoms with van der Waals surface area (Å²) in [6.45, 7) is 7.84. The molecule has 1 heterocycles. The van der Waals surface area contributed by atoms with Crippen molar-refractivity contribution in [1.82, 2.24) is 10.2 Å². The molecule has 1 N–H and O–H groups in total. The SMILES string of the molecule is CC(C)C1CN(Cc2c(F)cccc2Cl)CCN1. The van der Waals surface area contributed by atoms with E-state index in [1.54, 1.807) is 12.1 Å². The maximum Gasteiger partial charge on any atom is 0.129 e. The third-order valence-electron chi connectivity index (χ3n) is 3.54. The van der Waals surface area contributed by atoms with Crippen molar-refractivity contribution in [3.63, 3.8) is 0 Å². The van der Waals surface area contributed by atoms with Gasteiger partial charge in [-0.25, -0.2) is 4.39 Å². The Bertz CT molecular complexity index is 389. The topological polar surface area (TPSA) is 15.3 Å². The van der Waals surface area contributed by atoms with Gasteiger partial charge in [0, 0.05) is 42.8 Å². The average molecular weight is 271 g/mol. The number of halogens is 2. The molecule has 1 aliphatic rings. The van der Waals surface area contributed by atoms with Crippen LogP contribution in [-0.2, 0) is 6.54 Å². The molecular formula is C14H20ClFN2. The van der Waals surface area contributed by atoms with Crippen molar-refractivity contribution < 1.29 is 4.39 Å². The third-order valence-corrected chi connectivity index (χ3v) is 3.89. The maximum absolute atomic E-state index is 13.7. The van der Waals surface area contributed by atoms with Crippen LogP contribution in [0.2, 0.25) is 5.02 Å². The standard InChI is InChI=1S/C14H20ClFN2/c1-10(2)14-9-18(7-6-17-14)8-11-12(15)4-3-5-13(11)16/h3-5,10,14,17H,6-9H2,1-2H3. The van der Waals surface area contributed by atoms with Gasteiger partial charge in [0.2, 0.25) is 0 Å². The van der Waals surface area contributed by atoms with Gasteiger partial charge in [0.05, 0.1) is 0 Å². The van der Waals surface area contributed by atoms with Gasteiger partial charge in [-0.3, -0.25) is 4.90 Å². The molecule has 2 nitrogen and oxygen atoms in total. The number of hydrogen-bond donors (Lipinski definition) is 1. The Morgan fingerprint density at radius 2 is 2.28 bits per heavy atom. The van der Waals surface area contributed by atoms with Crippen LogP contribution in [0.3, 0.4) is 0 Å². The van der Waals surface area contributed by atoms with E-state index in [9.17, 15) is 4.39 Å². The zero-order valence-electron chi connectivity index (χ0n) is 10.9. The minimum absolute atomic E-state index is 0.206. The molecule has 0 bridgehead atoms. The number of nitrogens with zero attached hydrogens (tertiary/aromatic N) is 1. The molecule has 100 valence electrons. The van der Waals surface area contributed by atoms with Gasteiger partial charge in [0.1, 0.15) is 5.82 Å². The van der Waals surface area contributed by atoms with E-state index in [1.165, 1.54) is 6.07 Å². The first-order valence-electron chi connectivity index (χ1n) is 6.46. The summed E-state index contributed by atoms with van der Waals surface area (Å²) in [6, 6.07) is 5.35. The number of piperazine rings is 1. The largest absolute Gasteiger partial charge is 0.311 e. The van der Waals surface area contributed by atoms with E-state index < -0.39 is 0 Å². The summed E-state index contributed by atoms with van der Waals surface area (Å²) in [7, 11) is 0. The van der Waals surface area contributed by atoms with E-state index in [2.05, 4.69) is 24.1 Å². The second-order valence-electron chi connectivity index (χ2n) is 5.24. The Labute approximate surface area is 113 Å². The van der Waals surface area contributed by atoms with Crippen LogP contribution < -0.4 is 5.32 Å². The summed E-state index contributed by atoms with van der Waals surface area (Å²) in [6.07, 6.45) is 0. The molecule has 1 aliphatic heterocycles. The lowest BCUT2D eigenvalue weighted by atomic mass is 10.0. The monoisotopic (exact) mass is 270 g/mol. The van der Waals surface area contributed by atoms with Gasteiger partial charge in [-0.15, -0.1) is 0 Å². The van der Waals surface area contributed by atoms with Crippen molar-refractivity contribution in [2.45, 2.75) is 26.4 Å². The summed E-state index contributed by atoms with van der Waals surface area (Å²) in [5.41, 5.74) is 0.614. The summed E-state index contributed by atoms with van der Waals surface area (Å²) < 4.78 is 13.7. The van der Waals surface area contributed by atoms with E-state index in [4.69, 9.17) is 11.6 Å². The average Bonchev–Trinajstić information content (AvgIpc) is 2.34. The van der Waals surface area contributed by atoms with Gasteiger partial charge in [0.15, 0.2) is 0 Å². The van der Waals surface area contributed by atoms with Crippen molar-refractivity contribution in [2.24, 2.45) is 5.92 Å². The van der Waals surface area contributed by atoms with Crippen LogP contribution in [0.4, 0.5) is 4.39 Å². The first kappa shape index (κ1) is 13.8. The molecule has 18 heavy (non-hydrogen) atoms. The van der Waals surface area contributed by atoms with Gasteiger partial charge in [-0.05, 0) is 18.1 Å². The molecule has 0 radical (unpaired) electrons. The molecule has 1 fully saturated rings. The Morgan fingerprint density at radius 1 is 1.50 bits per heavy atom. The maximum atomic E-state index is 13.7. The lowest BCUT2D eigenvalue weighted by Gasteiger charge is -2.35. The fraction of sp³-hybridized carbons (Fsp3) is 0.571. The first-order chi connectivity index (χ1) is 8.58. The Balaban J connectivity index is 2.05. The predicted molar refractivity (Wildman–Crippen MR) is 73.3 cm³/mol. The molecule has 1 aromatic rings. The Kier molecular flexibility index (Phi) is 4.60. The molecule has 0 spiro atoms. The van der Waals surface area contributed by atoms with Gasteiger partial charge >= 0.3 is 0 Å². The van der Waals surface area contributed by atoms with Crippen molar-refractivity contribution in [1.29, 1.82) is 0 Å². The van der Waals surface area contributed by atoms with Crippen LogP contribution >= 0.6 is 11.6 Å². The Hall–Kier alpha value is -0.640. The quantitative estimate of drug-likeness (QED) is 0.909. The highest BCUT2D eigenvalue weighted by Gasteiger charge is 2.22. The summed E-state index contributed by atoms with van der Waals surface area (Å²) >= 11 is 6.07. The molecule has 1 saturated heterocycles. The highest BCUT2D eigenvalue weighted by Crippen LogP contribution is 2.21. The molecule has 0 amide bonds. The lowest BCUT2D eigenvalue weighted by molar-refractivity contribution is 0.167. The van der Waals surface area contributed by atoms with E-state index in [0.29, 0.717) is 29.1 Å². The molecule has 1 unspecified atom stereocenters. The highest BCUT2D eigenvalue weighted by atomic mass is 35.5. The van der Waals surface area contributed by atoms with Gasteiger partial charge < -0.3 is 5.32 Å². The molecule has 4 heteroatoms. The molecule has 0 aliphatic carbocycles. The molecule has 1 aromatic carbocycles. The van der Waals surface area contributed by atoms with E-state index in [0.717, 1.165) is 19.6 Å². The number of rotatable bonds is 3. The zero-order valence-corrected chi connectivity index (χ0v) is 11.7. The van der Waals surface area contributed by atoms with Crippen molar-refractivity contribution in [3.8, 4) is 0 Å². The summed E-state index contributed by atoms with van der Waals surface area (Å²) in [4.78, 5) is 2.27. The molecule has 1 atom stereocenters. The fourth-order valence-electron chi connectivity index (χ4n) is 2.34. The highest BCUT2D eigenvalue weighted by molar-refractivity contribution is 6.31. The van der Waals surface area contributed by atoms with E-state index >= 15 is 0 Å². The fourth-order valence-corrected chi connectivity index (χ4v) is 2.56. The second kappa shape index (κ2) is 6.00. The van der Waals surface area contributed by atoms with Crippen molar-refractivity contribution in [2.75, 3.05) is 19.6 Å². The van der Waals surface area contributed by atoms with Crippen LogP contribution in [0.5, 0.6) is 0 Å². The van der Waals surface area contributed by atoms with Crippen molar-refractivity contribution in [3.05, 3.63) is 34.6 Å². The third kappa shape index (κ3) is 3.22. The van der Waals surface area contributed by atoms with Gasteiger partial charge in [-0.1, -0.05) is 31.5 Å². The molecule has 2 rings (SSSR count). The minimum Gasteiger partial charge on any atom is -0.311 e. The van der Waals surface area contributed by atoms with Crippen LogP contribution in [-0.4, -0.2) is 30.6 Å². The first-order valence-corrected chi connectivity index (χ1v) is 6.84. The normalized spacial score (nSPS) is 21.5. The van der Waals surface area contributed by atoms with Crippen molar-refractivity contribution >= 4 is 11.6 Å². The van der Waals surface area contributed by atoms with Crippen LogP contribution in [0.1, 0.15) is 19.4 Å². The molecule has 0 aromatic heterocycles. The summed E-state index contributed by atoms with van der Waals surface area (Å²) in [5, 5.41) is 4.02. The summed E-state index contributed by atoms with van der Waals surface area (Å²) in [5.74, 6) is 0.381. The van der Waals surface area contributed by atoms with E-state index in [-0.39, 0.29) is 5.82 Å². The zero-order chi connectivity index (χ0) is 13.1. The lowest BCUT2D eigenvalue weighted by Crippen LogP contribution is -2.52. The van der Waals surface area contributed by atoms with E-state index in [1.807, 2.05) is 0 Å². The molecular weight excluding hydrogens is 251 g/mol. The minimum atomic E-state index is -0.206. The molecule has 0 saturated carbocycles. The number of hydrogen-bond acceptors (Lipinski definition) is 2. The second-order valence-corrected chi connectivity index (χ2v) is 5.65. The predicted octanol–water partition coefficient (Wildman–Crippen LogP) is 2.91. The van der Waals surface area contributed by atoms with Crippen LogP contribution in [0.25, 0.3) is 0 Å². The Morgan fingerprint density at radius 3 is 2.94 bits per heavy atom. The number of benzene rings is 1.